The molecule has 0 aromatic carbocycles. The van der Waals surface area contributed by atoms with E-state index in [1.54, 1.807) is 4.90 Å². The van der Waals surface area contributed by atoms with Crippen molar-refractivity contribution < 1.29 is 14.7 Å². The first-order chi connectivity index (χ1) is 8.55. The molecule has 1 heterocycles. The van der Waals surface area contributed by atoms with Crippen molar-refractivity contribution in [2.75, 3.05) is 6.54 Å². The molecule has 0 aliphatic carbocycles. The summed E-state index contributed by atoms with van der Waals surface area (Å²) in [5.41, 5.74) is 0.113. The van der Waals surface area contributed by atoms with Gasteiger partial charge in [0.15, 0.2) is 0 Å². The molecule has 4 nitrogen and oxygen atoms in total. The van der Waals surface area contributed by atoms with Crippen LogP contribution in [0.25, 0.3) is 0 Å². The SMILES string of the molecule is CC1CC(=O)N(CC(C)C(C)(C)C)C(C)C1C(=O)O. The largest absolute Gasteiger partial charge is 0.481 e. The van der Waals surface area contributed by atoms with Gasteiger partial charge in [0.1, 0.15) is 0 Å². The maximum Gasteiger partial charge on any atom is 0.308 e. The van der Waals surface area contributed by atoms with Gasteiger partial charge in [-0.05, 0) is 24.2 Å². The van der Waals surface area contributed by atoms with Crippen molar-refractivity contribution in [3.05, 3.63) is 0 Å². The monoisotopic (exact) mass is 269 g/mol. The van der Waals surface area contributed by atoms with Crippen molar-refractivity contribution >= 4 is 11.9 Å². The van der Waals surface area contributed by atoms with Crippen molar-refractivity contribution in [2.24, 2.45) is 23.2 Å². The van der Waals surface area contributed by atoms with Crippen molar-refractivity contribution in [1.29, 1.82) is 0 Å². The lowest BCUT2D eigenvalue weighted by molar-refractivity contribution is -0.155. The number of likely N-dealkylation sites (tertiary alicyclic amines) is 1. The molecule has 1 aliphatic heterocycles. The number of piperidine rings is 1. The van der Waals surface area contributed by atoms with E-state index in [-0.39, 0.29) is 23.3 Å². The van der Waals surface area contributed by atoms with Crippen molar-refractivity contribution in [2.45, 2.75) is 54.0 Å². The van der Waals surface area contributed by atoms with E-state index in [9.17, 15) is 14.7 Å². The number of carbonyl (C=O) groups is 2. The van der Waals surface area contributed by atoms with Gasteiger partial charge in [0.2, 0.25) is 5.91 Å². The molecule has 1 fully saturated rings. The van der Waals surface area contributed by atoms with Gasteiger partial charge >= 0.3 is 5.97 Å². The average molecular weight is 269 g/mol. The second-order valence-electron chi connectivity index (χ2n) is 7.10. The van der Waals surface area contributed by atoms with E-state index in [0.717, 1.165) is 0 Å². The van der Waals surface area contributed by atoms with Gasteiger partial charge in [0.05, 0.1) is 5.92 Å². The Hall–Kier alpha value is -1.06. The summed E-state index contributed by atoms with van der Waals surface area (Å²) >= 11 is 0. The number of nitrogens with zero attached hydrogens (tertiary/aromatic N) is 1. The van der Waals surface area contributed by atoms with Crippen molar-refractivity contribution in [3.8, 4) is 0 Å². The molecule has 1 amide bonds. The minimum absolute atomic E-state index is 0.0822. The Labute approximate surface area is 116 Å². The number of hydrogen-bond acceptors (Lipinski definition) is 2. The zero-order chi connectivity index (χ0) is 15.0. The van der Waals surface area contributed by atoms with E-state index in [1.807, 2.05) is 13.8 Å². The Bertz CT molecular complexity index is 359. The lowest BCUT2D eigenvalue weighted by Gasteiger charge is -2.43. The molecule has 4 heteroatoms. The van der Waals surface area contributed by atoms with Gasteiger partial charge in [-0.1, -0.05) is 34.6 Å². The first kappa shape index (κ1) is 16.0. The lowest BCUT2D eigenvalue weighted by atomic mass is 9.78. The molecule has 0 aromatic heterocycles. The van der Waals surface area contributed by atoms with Crippen LogP contribution in [-0.2, 0) is 9.59 Å². The van der Waals surface area contributed by atoms with E-state index in [4.69, 9.17) is 0 Å². The van der Waals surface area contributed by atoms with E-state index >= 15 is 0 Å². The van der Waals surface area contributed by atoms with Crippen LogP contribution in [0.5, 0.6) is 0 Å². The molecular formula is C15H27NO3. The molecule has 110 valence electrons. The maximum atomic E-state index is 12.2. The molecule has 19 heavy (non-hydrogen) atoms. The van der Waals surface area contributed by atoms with Gasteiger partial charge in [0, 0.05) is 19.0 Å². The van der Waals surface area contributed by atoms with Gasteiger partial charge in [-0.2, -0.15) is 0 Å². The zero-order valence-corrected chi connectivity index (χ0v) is 12.9. The van der Waals surface area contributed by atoms with Crippen LogP contribution in [0.2, 0.25) is 0 Å². The highest BCUT2D eigenvalue weighted by atomic mass is 16.4. The lowest BCUT2D eigenvalue weighted by Crippen LogP contribution is -2.54. The Morgan fingerprint density at radius 3 is 2.37 bits per heavy atom. The molecular weight excluding hydrogens is 242 g/mol. The predicted molar refractivity (Wildman–Crippen MR) is 74.7 cm³/mol. The summed E-state index contributed by atoms with van der Waals surface area (Å²) in [5.74, 6) is -0.901. The quantitative estimate of drug-likeness (QED) is 0.857. The van der Waals surface area contributed by atoms with Crippen LogP contribution in [0.3, 0.4) is 0 Å². The third-order valence-electron chi connectivity index (χ3n) is 4.68. The van der Waals surface area contributed by atoms with Gasteiger partial charge in [-0.15, -0.1) is 0 Å². The normalized spacial score (nSPS) is 30.3. The standard InChI is InChI=1S/C15H27NO3/c1-9-7-12(17)16(8-10(2)15(4,5)6)11(3)13(9)14(18)19/h9-11,13H,7-8H2,1-6H3,(H,18,19). The van der Waals surface area contributed by atoms with E-state index in [1.165, 1.54) is 0 Å². The first-order valence-corrected chi connectivity index (χ1v) is 7.08. The highest BCUT2D eigenvalue weighted by molar-refractivity contribution is 5.81. The van der Waals surface area contributed by atoms with Gasteiger partial charge < -0.3 is 10.0 Å². The van der Waals surface area contributed by atoms with E-state index in [2.05, 4.69) is 27.7 Å². The topological polar surface area (TPSA) is 57.6 Å². The third-order valence-corrected chi connectivity index (χ3v) is 4.68. The van der Waals surface area contributed by atoms with E-state index in [0.29, 0.717) is 18.9 Å². The van der Waals surface area contributed by atoms with Crippen LogP contribution < -0.4 is 0 Å². The van der Waals surface area contributed by atoms with Gasteiger partial charge in [0.25, 0.3) is 0 Å². The Morgan fingerprint density at radius 1 is 1.42 bits per heavy atom. The van der Waals surface area contributed by atoms with Crippen molar-refractivity contribution in [1.82, 2.24) is 4.90 Å². The zero-order valence-electron chi connectivity index (χ0n) is 12.9. The molecule has 4 atom stereocenters. The summed E-state index contributed by atoms with van der Waals surface area (Å²) in [4.78, 5) is 25.3. The number of rotatable bonds is 3. The number of aliphatic carboxylic acids is 1. The maximum absolute atomic E-state index is 12.2. The molecule has 0 bridgehead atoms. The molecule has 1 saturated heterocycles. The molecule has 4 unspecified atom stereocenters. The Balaban J connectivity index is 2.87. The van der Waals surface area contributed by atoms with Crippen LogP contribution in [-0.4, -0.2) is 34.5 Å². The van der Waals surface area contributed by atoms with Crippen LogP contribution in [0.15, 0.2) is 0 Å². The second-order valence-corrected chi connectivity index (χ2v) is 7.10. The summed E-state index contributed by atoms with van der Waals surface area (Å²) in [7, 11) is 0. The highest BCUT2D eigenvalue weighted by Crippen LogP contribution is 2.33. The fourth-order valence-corrected chi connectivity index (χ4v) is 2.70. The molecule has 1 rings (SSSR count). The number of amides is 1. The van der Waals surface area contributed by atoms with Crippen LogP contribution in [0.1, 0.15) is 48.0 Å². The summed E-state index contributed by atoms with van der Waals surface area (Å²) < 4.78 is 0. The fraction of sp³-hybridized carbons (Fsp3) is 0.867. The second kappa shape index (κ2) is 5.51. The molecule has 0 saturated carbocycles. The van der Waals surface area contributed by atoms with E-state index < -0.39 is 11.9 Å². The predicted octanol–water partition coefficient (Wildman–Crippen LogP) is 2.63. The summed E-state index contributed by atoms with van der Waals surface area (Å²) in [5, 5.41) is 9.34. The minimum Gasteiger partial charge on any atom is -0.481 e. The number of carboxylic acids is 1. The molecule has 0 radical (unpaired) electrons. The fourth-order valence-electron chi connectivity index (χ4n) is 2.70. The smallest absolute Gasteiger partial charge is 0.308 e. The van der Waals surface area contributed by atoms with Crippen LogP contribution in [0, 0.1) is 23.2 Å². The molecule has 0 aromatic rings. The molecule has 0 spiro atoms. The van der Waals surface area contributed by atoms with Crippen LogP contribution >= 0.6 is 0 Å². The number of carboxylic acid groups (broad SMARTS) is 1. The number of carbonyl (C=O) groups excluding carboxylic acids is 1. The Kier molecular flexibility index (Phi) is 4.64. The average Bonchev–Trinajstić information content (AvgIpc) is 2.21. The number of hydrogen-bond donors (Lipinski definition) is 1. The third kappa shape index (κ3) is 3.48. The van der Waals surface area contributed by atoms with Gasteiger partial charge in [-0.25, -0.2) is 0 Å². The highest BCUT2D eigenvalue weighted by Gasteiger charge is 2.42. The summed E-state index contributed by atoms with van der Waals surface area (Å²) in [6.45, 7) is 12.9. The summed E-state index contributed by atoms with van der Waals surface area (Å²) in [6, 6.07) is -0.224. The molecule has 1 aliphatic rings. The first-order valence-electron chi connectivity index (χ1n) is 7.08. The Morgan fingerprint density at radius 2 is 1.95 bits per heavy atom. The van der Waals surface area contributed by atoms with Crippen molar-refractivity contribution in [3.63, 3.8) is 0 Å². The minimum atomic E-state index is -0.791. The molecule has 1 N–H and O–H groups in total. The summed E-state index contributed by atoms with van der Waals surface area (Å²) in [6.07, 6.45) is 0.345. The van der Waals surface area contributed by atoms with Crippen LogP contribution in [0.4, 0.5) is 0 Å². The van der Waals surface area contributed by atoms with Gasteiger partial charge in [-0.3, -0.25) is 9.59 Å².